The molecule has 1 unspecified atom stereocenters. The Hall–Kier alpha value is -1.15. The monoisotopic (exact) mass is 361 g/mol. The van der Waals surface area contributed by atoms with Crippen molar-refractivity contribution >= 4 is 34.0 Å². The summed E-state index contributed by atoms with van der Waals surface area (Å²) in [4.78, 5) is 12.2. The molecule has 2 rings (SSSR count). The Morgan fingerprint density at radius 3 is 2.57 bits per heavy atom. The highest BCUT2D eigenvalue weighted by molar-refractivity contribution is 7.89. The topological polar surface area (TPSA) is 87.3 Å². The zero-order chi connectivity index (χ0) is 16.4. The number of hydrogen-bond acceptors (Lipinski definition) is 4. The highest BCUT2D eigenvalue weighted by Gasteiger charge is 2.24. The third-order valence-corrected chi connectivity index (χ3v) is 5.04. The Balaban J connectivity index is 0.00000264. The molecule has 0 radical (unpaired) electrons. The quantitative estimate of drug-likeness (QED) is 0.762. The van der Waals surface area contributed by atoms with Crippen LogP contribution in [-0.2, 0) is 14.8 Å². The second-order valence-corrected chi connectivity index (χ2v) is 8.24. The van der Waals surface area contributed by atoms with Crippen LogP contribution in [0.5, 0.6) is 0 Å². The van der Waals surface area contributed by atoms with Crippen molar-refractivity contribution < 1.29 is 13.2 Å². The number of carbonyl (C=O) groups excluding carboxylic acids is 1. The standard InChI is InChI=1S/C15H23N3O3S.ClH/c1-15(2,3)18-22(20,21)13-6-4-5-12(9-13)17-14(19)11-7-8-16-10-11;/h4-6,9,11,16,18H,7-8,10H2,1-3H3,(H,17,19);1H. The molecule has 1 atom stereocenters. The van der Waals surface area contributed by atoms with Gasteiger partial charge in [-0.15, -0.1) is 12.4 Å². The first kappa shape index (κ1) is 19.9. The number of carbonyl (C=O) groups is 1. The van der Waals surface area contributed by atoms with Crippen LogP contribution in [0.2, 0.25) is 0 Å². The molecule has 1 aliphatic heterocycles. The Bertz CT molecular complexity index is 650. The lowest BCUT2D eigenvalue weighted by molar-refractivity contribution is -0.119. The first-order valence-electron chi connectivity index (χ1n) is 7.33. The van der Waals surface area contributed by atoms with Crippen molar-refractivity contribution in [3.8, 4) is 0 Å². The van der Waals surface area contributed by atoms with Crippen LogP contribution >= 0.6 is 12.4 Å². The van der Waals surface area contributed by atoms with Crippen LogP contribution in [0.4, 0.5) is 5.69 Å². The summed E-state index contributed by atoms with van der Waals surface area (Å²) < 4.78 is 27.2. The smallest absolute Gasteiger partial charge is 0.241 e. The highest BCUT2D eigenvalue weighted by atomic mass is 35.5. The molecule has 0 bridgehead atoms. The number of hydrogen-bond donors (Lipinski definition) is 3. The van der Waals surface area contributed by atoms with E-state index in [-0.39, 0.29) is 29.1 Å². The van der Waals surface area contributed by atoms with Crippen molar-refractivity contribution in [1.82, 2.24) is 10.0 Å². The summed E-state index contributed by atoms with van der Waals surface area (Å²) in [5, 5.41) is 5.92. The van der Waals surface area contributed by atoms with E-state index < -0.39 is 15.6 Å². The Morgan fingerprint density at radius 2 is 2.00 bits per heavy atom. The predicted molar refractivity (Wildman–Crippen MR) is 93.4 cm³/mol. The fourth-order valence-electron chi connectivity index (χ4n) is 2.33. The molecular formula is C15H24ClN3O3S. The summed E-state index contributed by atoms with van der Waals surface area (Å²) >= 11 is 0. The molecular weight excluding hydrogens is 338 g/mol. The molecule has 23 heavy (non-hydrogen) atoms. The minimum Gasteiger partial charge on any atom is -0.326 e. The lowest BCUT2D eigenvalue weighted by Crippen LogP contribution is -2.40. The van der Waals surface area contributed by atoms with E-state index in [2.05, 4.69) is 15.4 Å². The molecule has 1 aromatic carbocycles. The first-order chi connectivity index (χ1) is 10.2. The zero-order valence-corrected chi connectivity index (χ0v) is 15.2. The lowest BCUT2D eigenvalue weighted by atomic mass is 10.1. The van der Waals surface area contributed by atoms with Gasteiger partial charge in [0.1, 0.15) is 0 Å². The van der Waals surface area contributed by atoms with Gasteiger partial charge in [0.25, 0.3) is 0 Å². The third-order valence-electron chi connectivity index (χ3n) is 3.28. The zero-order valence-electron chi connectivity index (χ0n) is 13.5. The number of sulfonamides is 1. The van der Waals surface area contributed by atoms with Crippen LogP contribution in [0.15, 0.2) is 29.2 Å². The van der Waals surface area contributed by atoms with Crippen molar-refractivity contribution in [1.29, 1.82) is 0 Å². The summed E-state index contributed by atoms with van der Waals surface area (Å²) in [6, 6.07) is 6.31. The van der Waals surface area contributed by atoms with Gasteiger partial charge >= 0.3 is 0 Å². The molecule has 8 heteroatoms. The van der Waals surface area contributed by atoms with E-state index in [0.717, 1.165) is 13.0 Å². The van der Waals surface area contributed by atoms with Gasteiger partial charge in [-0.05, 0) is 51.9 Å². The molecule has 1 fully saturated rings. The second-order valence-electron chi connectivity index (χ2n) is 6.56. The molecule has 1 aromatic rings. The molecule has 0 saturated carbocycles. The second kappa shape index (κ2) is 7.61. The average molecular weight is 362 g/mol. The van der Waals surface area contributed by atoms with Gasteiger partial charge in [-0.1, -0.05) is 6.07 Å². The summed E-state index contributed by atoms with van der Waals surface area (Å²) in [5.41, 5.74) is -0.0677. The molecule has 3 N–H and O–H groups in total. The summed E-state index contributed by atoms with van der Waals surface area (Å²) in [5.74, 6) is -0.142. The Morgan fingerprint density at radius 1 is 1.30 bits per heavy atom. The van der Waals surface area contributed by atoms with E-state index >= 15 is 0 Å². The Labute approximate surface area is 143 Å². The molecule has 1 amide bonds. The molecule has 1 aliphatic rings. The van der Waals surface area contributed by atoms with Crippen LogP contribution in [-0.4, -0.2) is 33.0 Å². The van der Waals surface area contributed by atoms with Gasteiger partial charge in [-0.3, -0.25) is 4.79 Å². The summed E-state index contributed by atoms with van der Waals surface area (Å²) in [6.45, 7) is 6.84. The highest BCUT2D eigenvalue weighted by Crippen LogP contribution is 2.19. The van der Waals surface area contributed by atoms with Gasteiger partial charge in [-0.25, -0.2) is 13.1 Å². The van der Waals surface area contributed by atoms with Gasteiger partial charge in [-0.2, -0.15) is 0 Å². The predicted octanol–water partition coefficient (Wildman–Crippen LogP) is 1.73. The van der Waals surface area contributed by atoms with E-state index in [1.807, 2.05) is 0 Å². The van der Waals surface area contributed by atoms with Crippen molar-refractivity contribution in [3.63, 3.8) is 0 Å². The van der Waals surface area contributed by atoms with Crippen molar-refractivity contribution in [2.75, 3.05) is 18.4 Å². The van der Waals surface area contributed by atoms with Gasteiger partial charge in [0, 0.05) is 17.8 Å². The number of benzene rings is 1. The van der Waals surface area contributed by atoms with Gasteiger partial charge in [0.05, 0.1) is 10.8 Å². The minimum atomic E-state index is -3.61. The van der Waals surface area contributed by atoms with E-state index in [4.69, 9.17) is 0 Å². The number of anilines is 1. The molecule has 0 aromatic heterocycles. The Kier molecular flexibility index (Phi) is 6.59. The van der Waals surface area contributed by atoms with Crippen molar-refractivity contribution in [3.05, 3.63) is 24.3 Å². The molecule has 0 spiro atoms. The summed E-state index contributed by atoms with van der Waals surface area (Å²) in [6.07, 6.45) is 0.801. The SMILES string of the molecule is CC(C)(C)NS(=O)(=O)c1cccc(NC(=O)C2CCNC2)c1.Cl. The van der Waals surface area contributed by atoms with E-state index in [0.29, 0.717) is 12.2 Å². The van der Waals surface area contributed by atoms with Gasteiger partial charge in [0.2, 0.25) is 15.9 Å². The largest absolute Gasteiger partial charge is 0.326 e. The maximum atomic E-state index is 12.3. The molecule has 130 valence electrons. The van der Waals surface area contributed by atoms with E-state index in [9.17, 15) is 13.2 Å². The van der Waals surface area contributed by atoms with Crippen molar-refractivity contribution in [2.45, 2.75) is 37.6 Å². The number of amides is 1. The maximum Gasteiger partial charge on any atom is 0.241 e. The van der Waals surface area contributed by atoms with E-state index in [1.54, 1.807) is 32.9 Å². The van der Waals surface area contributed by atoms with Crippen LogP contribution in [0.1, 0.15) is 27.2 Å². The average Bonchev–Trinajstić information content (AvgIpc) is 2.90. The maximum absolute atomic E-state index is 12.3. The number of rotatable bonds is 4. The number of nitrogens with one attached hydrogen (secondary N) is 3. The van der Waals surface area contributed by atoms with Gasteiger partial charge < -0.3 is 10.6 Å². The lowest BCUT2D eigenvalue weighted by Gasteiger charge is -2.20. The van der Waals surface area contributed by atoms with Crippen LogP contribution in [0.3, 0.4) is 0 Å². The normalized spacial score (nSPS) is 18.3. The fourth-order valence-corrected chi connectivity index (χ4v) is 3.79. The minimum absolute atomic E-state index is 0. The molecule has 1 heterocycles. The van der Waals surface area contributed by atoms with Crippen LogP contribution < -0.4 is 15.4 Å². The van der Waals surface area contributed by atoms with Crippen LogP contribution in [0.25, 0.3) is 0 Å². The van der Waals surface area contributed by atoms with Crippen molar-refractivity contribution in [2.24, 2.45) is 5.92 Å². The van der Waals surface area contributed by atoms with Crippen LogP contribution in [0, 0.1) is 5.92 Å². The molecule has 0 aliphatic carbocycles. The first-order valence-corrected chi connectivity index (χ1v) is 8.81. The summed E-state index contributed by atoms with van der Waals surface area (Å²) in [7, 11) is -3.61. The molecule has 6 nitrogen and oxygen atoms in total. The van der Waals surface area contributed by atoms with E-state index in [1.165, 1.54) is 12.1 Å². The fraction of sp³-hybridized carbons (Fsp3) is 0.533. The van der Waals surface area contributed by atoms with Gasteiger partial charge in [0.15, 0.2) is 0 Å². The molecule has 1 saturated heterocycles. The number of halogens is 1. The third kappa shape index (κ3) is 5.76.